The first-order valence-electron chi connectivity index (χ1n) is 5.83. The Kier molecular flexibility index (Phi) is 4.90. The lowest BCUT2D eigenvalue weighted by Crippen LogP contribution is -2.36. The lowest BCUT2D eigenvalue weighted by molar-refractivity contribution is 0.102. The smallest absolute Gasteiger partial charge is 0.0639 e. The molecule has 1 rings (SSSR count). The van der Waals surface area contributed by atoms with Crippen LogP contribution in [0.15, 0.2) is 18.3 Å². The maximum atomic E-state index is 9.46. The molecule has 1 N–H and O–H groups in total. The zero-order valence-electron chi connectivity index (χ0n) is 10.6. The minimum atomic E-state index is -0.292. The molecule has 0 spiro atoms. The lowest BCUT2D eigenvalue weighted by Gasteiger charge is -2.28. The second kappa shape index (κ2) is 5.97. The van der Waals surface area contributed by atoms with E-state index in [2.05, 4.69) is 29.8 Å². The number of hydrogen-bond acceptors (Lipinski definition) is 3. The summed E-state index contributed by atoms with van der Waals surface area (Å²) in [4.78, 5) is 6.54. The summed E-state index contributed by atoms with van der Waals surface area (Å²) in [5, 5.41) is 9.46. The summed E-state index contributed by atoms with van der Waals surface area (Å²) >= 11 is 0. The zero-order chi connectivity index (χ0) is 12.1. The van der Waals surface area contributed by atoms with Crippen LogP contribution >= 0.6 is 0 Å². The maximum absolute atomic E-state index is 9.46. The third-order valence-corrected chi connectivity index (χ3v) is 2.72. The van der Waals surface area contributed by atoms with Crippen LogP contribution in [0, 0.1) is 6.92 Å². The van der Waals surface area contributed by atoms with Crippen molar-refractivity contribution in [1.29, 1.82) is 0 Å². The number of pyridine rings is 1. The predicted molar refractivity (Wildman–Crippen MR) is 66.2 cm³/mol. The van der Waals surface area contributed by atoms with Gasteiger partial charge < -0.3 is 5.11 Å². The van der Waals surface area contributed by atoms with Crippen molar-refractivity contribution in [2.45, 2.75) is 46.4 Å². The molecule has 3 heteroatoms. The molecule has 0 fully saturated rings. The molecule has 0 aliphatic rings. The van der Waals surface area contributed by atoms with E-state index in [9.17, 15) is 5.11 Å². The Bertz CT molecular complexity index is 323. The van der Waals surface area contributed by atoms with Crippen molar-refractivity contribution in [1.82, 2.24) is 9.88 Å². The highest BCUT2D eigenvalue weighted by atomic mass is 16.3. The van der Waals surface area contributed by atoms with E-state index in [-0.39, 0.29) is 6.10 Å². The molecule has 0 amide bonds. The van der Waals surface area contributed by atoms with Gasteiger partial charge in [-0.1, -0.05) is 6.07 Å². The molecule has 1 aromatic heterocycles. The van der Waals surface area contributed by atoms with Crippen LogP contribution in [0.3, 0.4) is 0 Å². The summed E-state index contributed by atoms with van der Waals surface area (Å²) in [7, 11) is 0. The average molecular weight is 222 g/mol. The van der Waals surface area contributed by atoms with E-state index in [0.717, 1.165) is 12.2 Å². The van der Waals surface area contributed by atoms with Crippen molar-refractivity contribution in [3.8, 4) is 0 Å². The SMILES string of the molecule is Cc1ncccc1CN(CC(C)O)C(C)C. The maximum Gasteiger partial charge on any atom is 0.0639 e. The van der Waals surface area contributed by atoms with Crippen molar-refractivity contribution in [2.75, 3.05) is 6.54 Å². The van der Waals surface area contributed by atoms with Crippen molar-refractivity contribution in [3.05, 3.63) is 29.6 Å². The molecule has 0 bridgehead atoms. The zero-order valence-corrected chi connectivity index (χ0v) is 10.6. The average Bonchev–Trinajstić information content (AvgIpc) is 2.19. The fourth-order valence-corrected chi connectivity index (χ4v) is 1.70. The van der Waals surface area contributed by atoms with E-state index in [1.165, 1.54) is 5.56 Å². The number of aliphatic hydroxyl groups is 1. The van der Waals surface area contributed by atoms with E-state index < -0.39 is 0 Å². The van der Waals surface area contributed by atoms with Gasteiger partial charge in [0.2, 0.25) is 0 Å². The first kappa shape index (κ1) is 13.1. The summed E-state index contributed by atoms with van der Waals surface area (Å²) in [6.07, 6.45) is 1.52. The number of nitrogens with zero attached hydrogens (tertiary/aromatic N) is 2. The molecular formula is C13H22N2O. The van der Waals surface area contributed by atoms with Crippen LogP contribution in [0.2, 0.25) is 0 Å². The highest BCUT2D eigenvalue weighted by Gasteiger charge is 2.13. The fraction of sp³-hybridized carbons (Fsp3) is 0.615. The van der Waals surface area contributed by atoms with Crippen LogP contribution in [0.5, 0.6) is 0 Å². The van der Waals surface area contributed by atoms with Gasteiger partial charge in [-0.3, -0.25) is 9.88 Å². The summed E-state index contributed by atoms with van der Waals surface area (Å²) in [5.74, 6) is 0. The largest absolute Gasteiger partial charge is 0.392 e. The van der Waals surface area contributed by atoms with Gasteiger partial charge in [-0.15, -0.1) is 0 Å². The van der Waals surface area contributed by atoms with Crippen molar-refractivity contribution < 1.29 is 5.11 Å². The van der Waals surface area contributed by atoms with Crippen LogP contribution in [0.1, 0.15) is 32.0 Å². The molecular weight excluding hydrogens is 200 g/mol. The molecule has 1 aromatic rings. The van der Waals surface area contributed by atoms with E-state index in [1.54, 1.807) is 0 Å². The minimum absolute atomic E-state index is 0.292. The first-order chi connectivity index (χ1) is 7.50. The predicted octanol–water partition coefficient (Wildman–Crippen LogP) is 1.98. The molecule has 1 heterocycles. The number of hydrogen-bond donors (Lipinski definition) is 1. The molecule has 0 saturated carbocycles. The Hall–Kier alpha value is -0.930. The molecule has 0 aromatic carbocycles. The van der Waals surface area contributed by atoms with Gasteiger partial charge in [0, 0.05) is 31.0 Å². The van der Waals surface area contributed by atoms with Gasteiger partial charge in [0.25, 0.3) is 0 Å². The lowest BCUT2D eigenvalue weighted by atomic mass is 10.1. The Labute approximate surface area is 98.1 Å². The normalized spacial score (nSPS) is 13.4. The summed E-state index contributed by atoms with van der Waals surface area (Å²) in [6.45, 7) is 9.69. The molecule has 3 nitrogen and oxygen atoms in total. The Morgan fingerprint density at radius 1 is 1.38 bits per heavy atom. The summed E-state index contributed by atoms with van der Waals surface area (Å²) < 4.78 is 0. The number of aryl methyl sites for hydroxylation is 1. The van der Waals surface area contributed by atoms with Gasteiger partial charge in [0.05, 0.1) is 6.10 Å². The van der Waals surface area contributed by atoms with Gasteiger partial charge in [0.1, 0.15) is 0 Å². The van der Waals surface area contributed by atoms with E-state index in [4.69, 9.17) is 0 Å². The Morgan fingerprint density at radius 2 is 2.06 bits per heavy atom. The second-order valence-corrected chi connectivity index (χ2v) is 4.62. The van der Waals surface area contributed by atoms with Crippen molar-refractivity contribution >= 4 is 0 Å². The molecule has 90 valence electrons. The highest BCUT2D eigenvalue weighted by molar-refractivity contribution is 5.18. The number of aromatic nitrogens is 1. The monoisotopic (exact) mass is 222 g/mol. The van der Waals surface area contributed by atoms with Crippen molar-refractivity contribution in [3.63, 3.8) is 0 Å². The molecule has 0 radical (unpaired) electrons. The Morgan fingerprint density at radius 3 is 2.56 bits per heavy atom. The van der Waals surface area contributed by atoms with Crippen molar-refractivity contribution in [2.24, 2.45) is 0 Å². The quantitative estimate of drug-likeness (QED) is 0.827. The van der Waals surface area contributed by atoms with Gasteiger partial charge in [-0.05, 0) is 39.3 Å². The molecule has 16 heavy (non-hydrogen) atoms. The van der Waals surface area contributed by atoms with E-state index in [1.807, 2.05) is 26.1 Å². The Balaban J connectivity index is 2.72. The summed E-state index contributed by atoms with van der Waals surface area (Å²) in [5.41, 5.74) is 2.30. The third-order valence-electron chi connectivity index (χ3n) is 2.72. The standard InChI is InChI=1S/C13H22N2O/c1-10(2)15(8-11(3)16)9-13-6-5-7-14-12(13)4/h5-7,10-11,16H,8-9H2,1-4H3. The van der Waals surface area contributed by atoms with Gasteiger partial charge in [-0.25, -0.2) is 0 Å². The van der Waals surface area contributed by atoms with Gasteiger partial charge in [-0.2, -0.15) is 0 Å². The third kappa shape index (κ3) is 3.91. The summed E-state index contributed by atoms with van der Waals surface area (Å²) in [6, 6.07) is 4.48. The molecule has 1 unspecified atom stereocenters. The number of aliphatic hydroxyl groups excluding tert-OH is 1. The molecule has 0 saturated heterocycles. The minimum Gasteiger partial charge on any atom is -0.392 e. The van der Waals surface area contributed by atoms with Crippen LogP contribution in [0.25, 0.3) is 0 Å². The molecule has 1 atom stereocenters. The van der Waals surface area contributed by atoms with Crippen LogP contribution < -0.4 is 0 Å². The molecule has 0 aliphatic carbocycles. The second-order valence-electron chi connectivity index (χ2n) is 4.62. The van der Waals surface area contributed by atoms with Crippen LogP contribution in [-0.4, -0.2) is 33.7 Å². The highest BCUT2D eigenvalue weighted by Crippen LogP contribution is 2.11. The van der Waals surface area contributed by atoms with Gasteiger partial charge in [0.15, 0.2) is 0 Å². The van der Waals surface area contributed by atoms with Gasteiger partial charge >= 0.3 is 0 Å². The van der Waals surface area contributed by atoms with Crippen LogP contribution in [0.4, 0.5) is 0 Å². The fourth-order valence-electron chi connectivity index (χ4n) is 1.70. The topological polar surface area (TPSA) is 36.4 Å². The molecule has 0 aliphatic heterocycles. The van der Waals surface area contributed by atoms with E-state index in [0.29, 0.717) is 12.6 Å². The van der Waals surface area contributed by atoms with Crippen LogP contribution in [-0.2, 0) is 6.54 Å². The number of rotatable bonds is 5. The van der Waals surface area contributed by atoms with E-state index >= 15 is 0 Å². The first-order valence-corrected chi connectivity index (χ1v) is 5.83.